The lowest BCUT2D eigenvalue weighted by Crippen LogP contribution is -2.28. The van der Waals surface area contributed by atoms with Gasteiger partial charge in [0.05, 0.1) is 11.1 Å². The number of carbonyl (C=O) groups is 1. The second-order valence-electron chi connectivity index (χ2n) is 4.84. The van der Waals surface area contributed by atoms with E-state index in [1.54, 1.807) is 45.5 Å². The molecule has 4 heteroatoms. The smallest absolute Gasteiger partial charge is 0.316 e. The summed E-state index contributed by atoms with van der Waals surface area (Å²) in [5, 5.41) is 0. The van der Waals surface area contributed by atoms with Gasteiger partial charge in [0.1, 0.15) is 0 Å². The summed E-state index contributed by atoms with van der Waals surface area (Å²) in [6.07, 6.45) is 1.64. The normalized spacial score (nSPS) is 11.3. The van der Waals surface area contributed by atoms with Crippen molar-refractivity contribution in [3.8, 4) is 5.75 Å². The third-order valence-electron chi connectivity index (χ3n) is 2.34. The van der Waals surface area contributed by atoms with E-state index in [9.17, 15) is 9.59 Å². The van der Waals surface area contributed by atoms with Crippen molar-refractivity contribution in [2.45, 2.75) is 27.7 Å². The SMILES string of the molecule is Cc1c(OC(=O)C(C)(C)C)c(=O)ccn1C. The van der Waals surface area contributed by atoms with Crippen molar-refractivity contribution in [2.24, 2.45) is 12.5 Å². The molecule has 88 valence electrons. The van der Waals surface area contributed by atoms with Crippen LogP contribution in [0.3, 0.4) is 0 Å². The third-order valence-corrected chi connectivity index (χ3v) is 2.34. The second kappa shape index (κ2) is 4.12. The van der Waals surface area contributed by atoms with E-state index in [0.29, 0.717) is 5.69 Å². The monoisotopic (exact) mass is 223 g/mol. The van der Waals surface area contributed by atoms with Crippen LogP contribution in [0.2, 0.25) is 0 Å². The highest BCUT2D eigenvalue weighted by Gasteiger charge is 2.25. The minimum Gasteiger partial charge on any atom is -0.420 e. The molecule has 0 atom stereocenters. The summed E-state index contributed by atoms with van der Waals surface area (Å²) < 4.78 is 6.89. The molecule has 0 saturated heterocycles. The number of rotatable bonds is 1. The Labute approximate surface area is 94.9 Å². The lowest BCUT2D eigenvalue weighted by molar-refractivity contribution is -0.143. The molecule has 0 aromatic carbocycles. The molecular weight excluding hydrogens is 206 g/mol. The summed E-state index contributed by atoms with van der Waals surface area (Å²) in [5.41, 5.74) is -0.244. The van der Waals surface area contributed by atoms with Crippen LogP contribution in [0.4, 0.5) is 0 Å². The maximum Gasteiger partial charge on any atom is 0.316 e. The van der Waals surface area contributed by atoms with Gasteiger partial charge in [-0.1, -0.05) is 0 Å². The van der Waals surface area contributed by atoms with E-state index < -0.39 is 11.4 Å². The number of aromatic nitrogens is 1. The molecule has 1 aromatic rings. The van der Waals surface area contributed by atoms with E-state index in [1.807, 2.05) is 0 Å². The van der Waals surface area contributed by atoms with Crippen LogP contribution < -0.4 is 10.2 Å². The number of aryl methyl sites for hydroxylation is 1. The number of hydrogen-bond acceptors (Lipinski definition) is 3. The first-order chi connectivity index (χ1) is 7.23. The zero-order valence-electron chi connectivity index (χ0n) is 10.3. The number of nitrogens with zero attached hydrogens (tertiary/aromatic N) is 1. The first-order valence-electron chi connectivity index (χ1n) is 5.12. The number of pyridine rings is 1. The van der Waals surface area contributed by atoms with Crippen molar-refractivity contribution >= 4 is 5.97 Å². The van der Waals surface area contributed by atoms with Crippen LogP contribution in [-0.2, 0) is 11.8 Å². The summed E-state index contributed by atoms with van der Waals surface area (Å²) in [7, 11) is 1.79. The molecule has 1 aromatic heterocycles. The van der Waals surface area contributed by atoms with Gasteiger partial charge in [-0.25, -0.2) is 0 Å². The van der Waals surface area contributed by atoms with Gasteiger partial charge < -0.3 is 9.30 Å². The maximum absolute atomic E-state index is 11.7. The number of esters is 1. The standard InChI is InChI=1S/C12H17NO3/c1-8-10(9(14)6-7-13(8)5)16-11(15)12(2,3)4/h6-7H,1-5H3. The Morgan fingerprint density at radius 2 is 1.94 bits per heavy atom. The molecule has 0 fully saturated rings. The zero-order chi connectivity index (χ0) is 12.5. The van der Waals surface area contributed by atoms with Crippen LogP contribution in [0, 0.1) is 12.3 Å². The van der Waals surface area contributed by atoms with Crippen molar-refractivity contribution in [1.82, 2.24) is 4.57 Å². The molecule has 0 amide bonds. The average molecular weight is 223 g/mol. The van der Waals surface area contributed by atoms with Gasteiger partial charge in [-0.15, -0.1) is 0 Å². The fourth-order valence-electron chi connectivity index (χ4n) is 1.08. The predicted octanol–water partition coefficient (Wildman–Crippen LogP) is 1.65. The molecule has 0 unspecified atom stereocenters. The predicted molar refractivity (Wildman–Crippen MR) is 61.5 cm³/mol. The minimum atomic E-state index is -0.618. The first kappa shape index (κ1) is 12.5. The molecule has 1 rings (SSSR count). The Hall–Kier alpha value is -1.58. The minimum absolute atomic E-state index is 0.116. The molecule has 0 bridgehead atoms. The van der Waals surface area contributed by atoms with Crippen LogP contribution in [0.1, 0.15) is 26.5 Å². The fraction of sp³-hybridized carbons (Fsp3) is 0.500. The van der Waals surface area contributed by atoms with Crippen LogP contribution in [0.5, 0.6) is 5.75 Å². The molecular formula is C12H17NO3. The van der Waals surface area contributed by atoms with Gasteiger partial charge in [0, 0.05) is 19.3 Å². The number of ether oxygens (including phenoxy) is 1. The number of carbonyl (C=O) groups excluding carboxylic acids is 1. The molecule has 0 aliphatic heterocycles. The van der Waals surface area contributed by atoms with Crippen LogP contribution >= 0.6 is 0 Å². The molecule has 0 aliphatic carbocycles. The summed E-state index contributed by atoms with van der Waals surface area (Å²) in [5.74, 6) is -0.288. The highest BCUT2D eigenvalue weighted by atomic mass is 16.5. The molecule has 4 nitrogen and oxygen atoms in total. The average Bonchev–Trinajstić information content (AvgIpc) is 2.17. The van der Waals surface area contributed by atoms with E-state index in [-0.39, 0.29) is 11.2 Å². The van der Waals surface area contributed by atoms with Crippen molar-refractivity contribution in [3.63, 3.8) is 0 Å². The van der Waals surface area contributed by atoms with Gasteiger partial charge in [0.15, 0.2) is 5.75 Å². The fourth-order valence-corrected chi connectivity index (χ4v) is 1.08. The molecule has 0 saturated carbocycles. The summed E-state index contributed by atoms with van der Waals surface area (Å²) in [6, 6.07) is 1.39. The Morgan fingerprint density at radius 1 is 1.38 bits per heavy atom. The topological polar surface area (TPSA) is 48.3 Å². The van der Waals surface area contributed by atoms with Gasteiger partial charge in [0.25, 0.3) is 0 Å². The molecule has 16 heavy (non-hydrogen) atoms. The highest BCUT2D eigenvalue weighted by Crippen LogP contribution is 2.18. The Bertz CT molecular complexity index is 466. The third kappa shape index (κ3) is 2.51. The molecule has 0 spiro atoms. The first-order valence-corrected chi connectivity index (χ1v) is 5.12. The van der Waals surface area contributed by atoms with E-state index in [4.69, 9.17) is 4.74 Å². The Kier molecular flexibility index (Phi) is 3.21. The molecule has 0 radical (unpaired) electrons. The lowest BCUT2D eigenvalue weighted by Gasteiger charge is -2.17. The quantitative estimate of drug-likeness (QED) is 0.680. The van der Waals surface area contributed by atoms with Crippen molar-refractivity contribution in [3.05, 3.63) is 28.2 Å². The summed E-state index contributed by atoms with van der Waals surface area (Å²) >= 11 is 0. The summed E-state index contributed by atoms with van der Waals surface area (Å²) in [4.78, 5) is 23.2. The van der Waals surface area contributed by atoms with Gasteiger partial charge in [0.2, 0.25) is 5.43 Å². The highest BCUT2D eigenvalue weighted by molar-refractivity contribution is 5.78. The van der Waals surface area contributed by atoms with Gasteiger partial charge in [-0.2, -0.15) is 0 Å². The van der Waals surface area contributed by atoms with E-state index in [2.05, 4.69) is 0 Å². The van der Waals surface area contributed by atoms with Crippen molar-refractivity contribution in [2.75, 3.05) is 0 Å². The van der Waals surface area contributed by atoms with E-state index in [0.717, 1.165) is 0 Å². The number of hydrogen-bond donors (Lipinski definition) is 0. The Balaban J connectivity index is 3.12. The van der Waals surface area contributed by atoms with Gasteiger partial charge >= 0.3 is 5.97 Å². The zero-order valence-corrected chi connectivity index (χ0v) is 10.3. The van der Waals surface area contributed by atoms with Crippen LogP contribution in [-0.4, -0.2) is 10.5 Å². The molecule has 1 heterocycles. The van der Waals surface area contributed by atoms with E-state index in [1.165, 1.54) is 6.07 Å². The van der Waals surface area contributed by atoms with Crippen LogP contribution in [0.15, 0.2) is 17.1 Å². The second-order valence-corrected chi connectivity index (χ2v) is 4.84. The van der Waals surface area contributed by atoms with Crippen molar-refractivity contribution in [1.29, 1.82) is 0 Å². The summed E-state index contributed by atoms with van der Waals surface area (Å²) in [6.45, 7) is 6.99. The van der Waals surface area contributed by atoms with Crippen molar-refractivity contribution < 1.29 is 9.53 Å². The van der Waals surface area contributed by atoms with E-state index >= 15 is 0 Å². The lowest BCUT2D eigenvalue weighted by atomic mass is 9.97. The molecule has 0 N–H and O–H groups in total. The van der Waals surface area contributed by atoms with Gasteiger partial charge in [-0.05, 0) is 27.7 Å². The largest absolute Gasteiger partial charge is 0.420 e. The van der Waals surface area contributed by atoms with Crippen LogP contribution in [0.25, 0.3) is 0 Å². The Morgan fingerprint density at radius 3 is 2.44 bits per heavy atom. The maximum atomic E-state index is 11.7. The molecule has 0 aliphatic rings. The van der Waals surface area contributed by atoms with Gasteiger partial charge in [-0.3, -0.25) is 9.59 Å².